The van der Waals surface area contributed by atoms with Crippen LogP contribution in [0.4, 0.5) is 5.82 Å². The SMILES string of the molecule is Cc1nc(N(C)C2CCC(C)CC2)c2cc[nH]c2n1. The maximum absolute atomic E-state index is 4.66. The Bertz CT molecular complexity index is 567. The van der Waals surface area contributed by atoms with Crippen molar-refractivity contribution in [2.45, 2.75) is 45.6 Å². The van der Waals surface area contributed by atoms with E-state index >= 15 is 0 Å². The highest BCUT2D eigenvalue weighted by atomic mass is 15.2. The molecule has 4 heteroatoms. The van der Waals surface area contributed by atoms with Crippen LogP contribution in [-0.2, 0) is 0 Å². The van der Waals surface area contributed by atoms with E-state index in [4.69, 9.17) is 0 Å². The number of anilines is 1. The highest BCUT2D eigenvalue weighted by Crippen LogP contribution is 2.31. The van der Waals surface area contributed by atoms with Crippen LogP contribution in [0.3, 0.4) is 0 Å². The first kappa shape index (κ1) is 12.5. The highest BCUT2D eigenvalue weighted by Gasteiger charge is 2.24. The minimum atomic E-state index is 0.614. The van der Waals surface area contributed by atoms with Crippen LogP contribution in [0.15, 0.2) is 12.3 Å². The van der Waals surface area contributed by atoms with Gasteiger partial charge in [-0.2, -0.15) is 0 Å². The molecule has 3 rings (SSSR count). The van der Waals surface area contributed by atoms with Crippen LogP contribution in [0.25, 0.3) is 11.0 Å². The van der Waals surface area contributed by atoms with E-state index in [2.05, 4.69) is 39.9 Å². The summed E-state index contributed by atoms with van der Waals surface area (Å²) in [5.74, 6) is 2.79. The number of aromatic nitrogens is 3. The summed E-state index contributed by atoms with van der Waals surface area (Å²) in [7, 11) is 2.18. The number of H-pyrrole nitrogens is 1. The number of rotatable bonds is 2. The van der Waals surface area contributed by atoms with Gasteiger partial charge in [0.15, 0.2) is 0 Å². The fourth-order valence-corrected chi connectivity index (χ4v) is 3.11. The quantitative estimate of drug-likeness (QED) is 0.899. The molecular formula is C15H22N4. The number of nitrogens with zero attached hydrogens (tertiary/aromatic N) is 3. The Hall–Kier alpha value is -1.58. The molecule has 0 atom stereocenters. The van der Waals surface area contributed by atoms with E-state index in [0.29, 0.717) is 6.04 Å². The number of fused-ring (bicyclic) bond motifs is 1. The average Bonchev–Trinajstić information content (AvgIpc) is 2.85. The van der Waals surface area contributed by atoms with Gasteiger partial charge in [0.05, 0.1) is 5.39 Å². The van der Waals surface area contributed by atoms with Crippen LogP contribution in [0, 0.1) is 12.8 Å². The molecule has 1 fully saturated rings. The topological polar surface area (TPSA) is 44.8 Å². The van der Waals surface area contributed by atoms with Gasteiger partial charge in [0.25, 0.3) is 0 Å². The first-order valence-electron chi connectivity index (χ1n) is 7.19. The van der Waals surface area contributed by atoms with Gasteiger partial charge in [-0.15, -0.1) is 0 Å². The second-order valence-corrected chi connectivity index (χ2v) is 5.86. The molecule has 0 radical (unpaired) electrons. The summed E-state index contributed by atoms with van der Waals surface area (Å²) in [5.41, 5.74) is 0.943. The molecule has 0 aromatic carbocycles. The molecule has 2 aromatic heterocycles. The van der Waals surface area contributed by atoms with Gasteiger partial charge >= 0.3 is 0 Å². The van der Waals surface area contributed by atoms with Crippen molar-refractivity contribution in [2.24, 2.45) is 5.92 Å². The Kier molecular flexibility index (Phi) is 3.17. The van der Waals surface area contributed by atoms with Gasteiger partial charge in [-0.3, -0.25) is 0 Å². The lowest BCUT2D eigenvalue weighted by Crippen LogP contribution is -2.35. The van der Waals surface area contributed by atoms with Gasteiger partial charge in [-0.1, -0.05) is 6.92 Å². The maximum atomic E-state index is 4.66. The van der Waals surface area contributed by atoms with Crippen molar-refractivity contribution in [1.82, 2.24) is 15.0 Å². The van der Waals surface area contributed by atoms with Crippen molar-refractivity contribution >= 4 is 16.9 Å². The zero-order valence-corrected chi connectivity index (χ0v) is 12.0. The molecule has 0 bridgehead atoms. The van der Waals surface area contributed by atoms with E-state index < -0.39 is 0 Å². The summed E-state index contributed by atoms with van der Waals surface area (Å²) < 4.78 is 0. The largest absolute Gasteiger partial charge is 0.356 e. The molecule has 2 heterocycles. The van der Waals surface area contributed by atoms with Gasteiger partial charge in [0, 0.05) is 19.3 Å². The highest BCUT2D eigenvalue weighted by molar-refractivity contribution is 5.87. The molecule has 1 N–H and O–H groups in total. The number of hydrogen-bond donors (Lipinski definition) is 1. The third-order valence-electron chi connectivity index (χ3n) is 4.37. The van der Waals surface area contributed by atoms with E-state index in [0.717, 1.165) is 28.6 Å². The zero-order valence-electron chi connectivity index (χ0n) is 12.0. The summed E-state index contributed by atoms with van der Waals surface area (Å²) in [6.45, 7) is 4.32. The summed E-state index contributed by atoms with van der Waals surface area (Å²) in [5, 5.41) is 1.13. The predicted molar refractivity (Wildman–Crippen MR) is 78.4 cm³/mol. The predicted octanol–water partition coefficient (Wildman–Crippen LogP) is 3.28. The molecular weight excluding hydrogens is 236 g/mol. The van der Waals surface area contributed by atoms with Gasteiger partial charge < -0.3 is 9.88 Å². The Labute approximate surface area is 114 Å². The van der Waals surface area contributed by atoms with Gasteiger partial charge in [-0.25, -0.2) is 9.97 Å². The van der Waals surface area contributed by atoms with E-state index in [9.17, 15) is 0 Å². The Morgan fingerprint density at radius 1 is 1.21 bits per heavy atom. The second kappa shape index (κ2) is 4.83. The molecule has 19 heavy (non-hydrogen) atoms. The Balaban J connectivity index is 1.92. The fraction of sp³-hybridized carbons (Fsp3) is 0.600. The molecule has 0 unspecified atom stereocenters. The summed E-state index contributed by atoms with van der Waals surface area (Å²) in [6, 6.07) is 2.69. The minimum Gasteiger partial charge on any atom is -0.356 e. The maximum Gasteiger partial charge on any atom is 0.143 e. The third-order valence-corrected chi connectivity index (χ3v) is 4.37. The molecule has 1 aliphatic rings. The van der Waals surface area contributed by atoms with E-state index in [1.807, 2.05) is 13.1 Å². The summed E-state index contributed by atoms with van der Waals surface area (Å²) in [6.07, 6.45) is 7.14. The van der Waals surface area contributed by atoms with Crippen molar-refractivity contribution in [3.05, 3.63) is 18.1 Å². The van der Waals surface area contributed by atoms with Gasteiger partial charge in [0.1, 0.15) is 17.3 Å². The van der Waals surface area contributed by atoms with Crippen LogP contribution in [0.2, 0.25) is 0 Å². The lowest BCUT2D eigenvalue weighted by molar-refractivity contribution is 0.340. The summed E-state index contributed by atoms with van der Waals surface area (Å²) >= 11 is 0. The monoisotopic (exact) mass is 258 g/mol. The van der Waals surface area contributed by atoms with E-state index in [1.165, 1.54) is 25.7 Å². The van der Waals surface area contributed by atoms with Crippen LogP contribution in [0.1, 0.15) is 38.4 Å². The number of aromatic amines is 1. The Morgan fingerprint density at radius 3 is 2.68 bits per heavy atom. The van der Waals surface area contributed by atoms with Crippen LogP contribution >= 0.6 is 0 Å². The van der Waals surface area contributed by atoms with Crippen molar-refractivity contribution in [3.8, 4) is 0 Å². The molecule has 2 aromatic rings. The summed E-state index contributed by atoms with van der Waals surface area (Å²) in [4.78, 5) is 14.7. The Morgan fingerprint density at radius 2 is 1.95 bits per heavy atom. The zero-order chi connectivity index (χ0) is 13.4. The molecule has 4 nitrogen and oxygen atoms in total. The first-order valence-corrected chi connectivity index (χ1v) is 7.19. The van der Waals surface area contributed by atoms with Crippen LogP contribution < -0.4 is 4.90 Å². The molecule has 1 saturated carbocycles. The van der Waals surface area contributed by atoms with Crippen molar-refractivity contribution in [3.63, 3.8) is 0 Å². The van der Waals surface area contributed by atoms with Gasteiger partial charge in [0.2, 0.25) is 0 Å². The molecule has 102 valence electrons. The third kappa shape index (κ3) is 2.31. The molecule has 1 aliphatic carbocycles. The lowest BCUT2D eigenvalue weighted by Gasteiger charge is -2.34. The van der Waals surface area contributed by atoms with Gasteiger partial charge in [-0.05, 0) is 44.6 Å². The smallest absolute Gasteiger partial charge is 0.143 e. The number of nitrogens with one attached hydrogen (secondary N) is 1. The van der Waals surface area contributed by atoms with Crippen LogP contribution in [0.5, 0.6) is 0 Å². The van der Waals surface area contributed by atoms with Crippen molar-refractivity contribution < 1.29 is 0 Å². The van der Waals surface area contributed by atoms with Crippen molar-refractivity contribution in [1.29, 1.82) is 0 Å². The molecule has 0 saturated heterocycles. The molecule has 0 amide bonds. The molecule has 0 aliphatic heterocycles. The number of aryl methyl sites for hydroxylation is 1. The normalized spacial score (nSPS) is 23.7. The fourth-order valence-electron chi connectivity index (χ4n) is 3.11. The first-order chi connectivity index (χ1) is 9.15. The lowest BCUT2D eigenvalue weighted by atomic mass is 9.87. The van der Waals surface area contributed by atoms with Crippen molar-refractivity contribution in [2.75, 3.05) is 11.9 Å². The van der Waals surface area contributed by atoms with Crippen LogP contribution in [-0.4, -0.2) is 28.0 Å². The minimum absolute atomic E-state index is 0.614. The number of hydrogen-bond acceptors (Lipinski definition) is 3. The second-order valence-electron chi connectivity index (χ2n) is 5.86. The molecule has 0 spiro atoms. The van der Waals surface area contributed by atoms with E-state index in [1.54, 1.807) is 0 Å². The van der Waals surface area contributed by atoms with E-state index in [-0.39, 0.29) is 0 Å². The standard InChI is InChI=1S/C15H22N4/c1-10-4-6-12(7-5-10)19(3)15-13-8-9-16-14(13)17-11(2)18-15/h8-10,12H,4-7H2,1-3H3,(H,16,17,18). The average molecular weight is 258 g/mol.